The number of nitrogens with one attached hydrogen (secondary N) is 2. The number of aromatic nitrogens is 2. The van der Waals surface area contributed by atoms with E-state index >= 15 is 0 Å². The standard InChI is InChI=1S/C19H16N4O/c24-19(23-20-13-7-10-15-8-3-1-4-9-15)18-14-17(21-22-18)16-11-5-2-6-12-16/h1-14H,(H,21,22)(H,23,24)/b10-7+,20-13-. The fourth-order valence-electron chi connectivity index (χ4n) is 2.11. The van der Waals surface area contributed by atoms with Gasteiger partial charge in [-0.1, -0.05) is 66.7 Å². The van der Waals surface area contributed by atoms with Gasteiger partial charge in [0.2, 0.25) is 0 Å². The summed E-state index contributed by atoms with van der Waals surface area (Å²) in [6.45, 7) is 0. The molecule has 5 heteroatoms. The molecule has 2 N–H and O–H groups in total. The molecule has 3 aromatic rings. The van der Waals surface area contributed by atoms with Crippen LogP contribution in [0.5, 0.6) is 0 Å². The van der Waals surface area contributed by atoms with Gasteiger partial charge >= 0.3 is 0 Å². The maximum Gasteiger partial charge on any atom is 0.289 e. The zero-order valence-electron chi connectivity index (χ0n) is 12.9. The first-order chi connectivity index (χ1) is 11.8. The molecule has 2 aromatic carbocycles. The normalized spacial score (nSPS) is 11.2. The molecule has 3 rings (SSSR count). The molecular formula is C19H16N4O. The van der Waals surface area contributed by atoms with E-state index < -0.39 is 0 Å². The fraction of sp³-hybridized carbons (Fsp3) is 0. The highest BCUT2D eigenvalue weighted by molar-refractivity contribution is 5.93. The molecule has 5 nitrogen and oxygen atoms in total. The molecule has 0 aliphatic rings. The Morgan fingerprint density at radius 2 is 1.75 bits per heavy atom. The fourth-order valence-corrected chi connectivity index (χ4v) is 2.11. The van der Waals surface area contributed by atoms with Gasteiger partial charge in [0.1, 0.15) is 5.69 Å². The van der Waals surface area contributed by atoms with Gasteiger partial charge in [-0.05, 0) is 17.7 Å². The van der Waals surface area contributed by atoms with Gasteiger partial charge in [-0.25, -0.2) is 5.43 Å². The van der Waals surface area contributed by atoms with Crippen LogP contribution in [0, 0.1) is 0 Å². The third kappa shape index (κ3) is 4.04. The van der Waals surface area contributed by atoms with Gasteiger partial charge in [0.05, 0.1) is 5.69 Å². The molecule has 0 aliphatic carbocycles. The number of benzene rings is 2. The van der Waals surface area contributed by atoms with Gasteiger partial charge in [0.25, 0.3) is 5.91 Å². The summed E-state index contributed by atoms with van der Waals surface area (Å²) in [6.07, 6.45) is 5.19. The van der Waals surface area contributed by atoms with E-state index in [0.29, 0.717) is 11.4 Å². The number of hydrogen-bond donors (Lipinski definition) is 2. The molecule has 0 unspecified atom stereocenters. The summed E-state index contributed by atoms with van der Waals surface area (Å²) in [7, 11) is 0. The predicted molar refractivity (Wildman–Crippen MR) is 95.5 cm³/mol. The van der Waals surface area contributed by atoms with Gasteiger partial charge in [0, 0.05) is 11.8 Å². The van der Waals surface area contributed by atoms with E-state index in [1.807, 2.05) is 66.7 Å². The van der Waals surface area contributed by atoms with Gasteiger partial charge in [0.15, 0.2) is 0 Å². The summed E-state index contributed by atoms with van der Waals surface area (Å²) in [5.74, 6) is -0.339. The molecule has 0 fully saturated rings. The lowest BCUT2D eigenvalue weighted by atomic mass is 10.1. The topological polar surface area (TPSA) is 70.1 Å². The Labute approximate surface area is 139 Å². The van der Waals surface area contributed by atoms with Gasteiger partial charge in [-0.15, -0.1) is 0 Å². The Hall–Kier alpha value is -3.47. The molecule has 0 saturated heterocycles. The summed E-state index contributed by atoms with van der Waals surface area (Å²) in [6, 6.07) is 21.2. The van der Waals surface area contributed by atoms with Crippen molar-refractivity contribution < 1.29 is 4.79 Å². The van der Waals surface area contributed by atoms with E-state index in [9.17, 15) is 4.79 Å². The number of carbonyl (C=O) groups is 1. The van der Waals surface area contributed by atoms with Crippen LogP contribution < -0.4 is 5.43 Å². The maximum atomic E-state index is 12.0. The predicted octanol–water partition coefficient (Wildman–Crippen LogP) is 3.51. The summed E-state index contributed by atoms with van der Waals surface area (Å²) >= 11 is 0. The first kappa shape index (κ1) is 15.4. The molecule has 24 heavy (non-hydrogen) atoms. The number of rotatable bonds is 5. The highest BCUT2D eigenvalue weighted by atomic mass is 16.2. The van der Waals surface area contributed by atoms with Crippen LogP contribution in [0.25, 0.3) is 17.3 Å². The largest absolute Gasteiger partial charge is 0.289 e. The Balaban J connectivity index is 1.57. The van der Waals surface area contributed by atoms with Crippen molar-refractivity contribution in [2.45, 2.75) is 0 Å². The van der Waals surface area contributed by atoms with Crippen LogP contribution in [0.2, 0.25) is 0 Å². The minimum absolute atomic E-state index is 0.339. The van der Waals surface area contributed by atoms with Crippen molar-refractivity contribution in [3.8, 4) is 11.3 Å². The number of nitrogens with zero attached hydrogens (tertiary/aromatic N) is 2. The second-order valence-electron chi connectivity index (χ2n) is 5.02. The number of hydrogen-bond acceptors (Lipinski definition) is 3. The highest BCUT2D eigenvalue weighted by Crippen LogP contribution is 2.16. The SMILES string of the molecule is O=C(N/N=C\C=C\c1ccccc1)c1cc(-c2ccccc2)n[nH]1. The maximum absolute atomic E-state index is 12.0. The van der Waals surface area contributed by atoms with Crippen LogP contribution >= 0.6 is 0 Å². The molecule has 0 bridgehead atoms. The minimum atomic E-state index is -0.339. The summed E-state index contributed by atoms with van der Waals surface area (Å²) in [4.78, 5) is 12.0. The first-order valence-electron chi connectivity index (χ1n) is 7.49. The average Bonchev–Trinajstić information content (AvgIpc) is 3.13. The third-order valence-electron chi connectivity index (χ3n) is 3.31. The highest BCUT2D eigenvalue weighted by Gasteiger charge is 2.09. The van der Waals surface area contributed by atoms with Crippen molar-refractivity contribution in [2.24, 2.45) is 5.10 Å². The Morgan fingerprint density at radius 3 is 2.50 bits per heavy atom. The third-order valence-corrected chi connectivity index (χ3v) is 3.31. The molecule has 118 valence electrons. The lowest BCUT2D eigenvalue weighted by molar-refractivity contribution is 0.0950. The van der Waals surface area contributed by atoms with Crippen LogP contribution in [0.4, 0.5) is 0 Å². The lowest BCUT2D eigenvalue weighted by Crippen LogP contribution is -2.17. The van der Waals surface area contributed by atoms with Crippen LogP contribution in [0.15, 0.2) is 77.9 Å². The quantitative estimate of drug-likeness (QED) is 0.558. The first-order valence-corrected chi connectivity index (χ1v) is 7.49. The monoisotopic (exact) mass is 316 g/mol. The van der Waals surface area contributed by atoms with Gasteiger partial charge in [-0.3, -0.25) is 9.89 Å². The second kappa shape index (κ2) is 7.69. The molecular weight excluding hydrogens is 300 g/mol. The van der Waals surface area contributed by atoms with Crippen molar-refractivity contribution in [3.63, 3.8) is 0 Å². The van der Waals surface area contributed by atoms with Crippen molar-refractivity contribution >= 4 is 18.2 Å². The molecule has 0 spiro atoms. The number of hydrazone groups is 1. The molecule has 0 radical (unpaired) electrons. The average molecular weight is 316 g/mol. The van der Waals surface area contributed by atoms with Crippen molar-refractivity contribution in [2.75, 3.05) is 0 Å². The van der Waals surface area contributed by atoms with E-state index in [4.69, 9.17) is 0 Å². The van der Waals surface area contributed by atoms with Crippen molar-refractivity contribution in [1.29, 1.82) is 0 Å². The molecule has 0 saturated carbocycles. The second-order valence-corrected chi connectivity index (χ2v) is 5.02. The van der Waals surface area contributed by atoms with E-state index in [2.05, 4.69) is 20.7 Å². The van der Waals surface area contributed by atoms with Crippen molar-refractivity contribution in [1.82, 2.24) is 15.6 Å². The van der Waals surface area contributed by atoms with E-state index in [-0.39, 0.29) is 5.91 Å². The van der Waals surface area contributed by atoms with E-state index in [1.54, 1.807) is 12.1 Å². The smallest absolute Gasteiger partial charge is 0.272 e. The van der Waals surface area contributed by atoms with E-state index in [0.717, 1.165) is 11.1 Å². The van der Waals surface area contributed by atoms with Crippen LogP contribution in [-0.2, 0) is 0 Å². The van der Waals surface area contributed by atoms with Gasteiger partial charge in [-0.2, -0.15) is 10.2 Å². The molecule has 1 aromatic heterocycles. The lowest BCUT2D eigenvalue weighted by Gasteiger charge is -1.94. The van der Waals surface area contributed by atoms with Crippen molar-refractivity contribution in [3.05, 3.63) is 84.1 Å². The molecule has 0 atom stereocenters. The molecule has 1 heterocycles. The number of amides is 1. The Bertz CT molecular complexity index is 851. The Kier molecular flexibility index (Phi) is 4.94. The zero-order chi connectivity index (χ0) is 16.6. The van der Waals surface area contributed by atoms with Crippen LogP contribution in [0.3, 0.4) is 0 Å². The zero-order valence-corrected chi connectivity index (χ0v) is 12.9. The molecule has 1 amide bonds. The minimum Gasteiger partial charge on any atom is -0.272 e. The Morgan fingerprint density at radius 1 is 1.04 bits per heavy atom. The van der Waals surface area contributed by atoms with E-state index in [1.165, 1.54) is 6.21 Å². The molecule has 0 aliphatic heterocycles. The van der Waals surface area contributed by atoms with Crippen LogP contribution in [0.1, 0.15) is 16.1 Å². The number of H-pyrrole nitrogens is 1. The van der Waals surface area contributed by atoms with Crippen LogP contribution in [-0.4, -0.2) is 22.3 Å². The number of carbonyl (C=O) groups excluding carboxylic acids is 1. The summed E-state index contributed by atoms with van der Waals surface area (Å²) in [5, 5.41) is 10.7. The number of aromatic amines is 1. The van der Waals surface area contributed by atoms with Gasteiger partial charge < -0.3 is 0 Å². The number of allylic oxidation sites excluding steroid dienone is 1. The summed E-state index contributed by atoms with van der Waals surface area (Å²) < 4.78 is 0. The summed E-state index contributed by atoms with van der Waals surface area (Å²) in [5.41, 5.74) is 5.55.